The molecule has 34 heavy (non-hydrogen) atoms. The van der Waals surface area contributed by atoms with E-state index in [-0.39, 0.29) is 6.61 Å². The second-order valence-electron chi connectivity index (χ2n) is 10.4. The van der Waals surface area contributed by atoms with E-state index in [1.807, 2.05) is 71.9 Å². The van der Waals surface area contributed by atoms with Gasteiger partial charge in [-0.05, 0) is 44.6 Å². The van der Waals surface area contributed by atoms with Gasteiger partial charge in [-0.2, -0.15) is 0 Å². The van der Waals surface area contributed by atoms with Gasteiger partial charge in [0.1, 0.15) is 18.2 Å². The Bertz CT molecular complexity index is 768. The number of benzene rings is 1. The number of unbranched alkanes of at least 4 members (excludes halogenated alkanes) is 3. The van der Waals surface area contributed by atoms with E-state index in [1.165, 1.54) is 12.0 Å². The van der Waals surface area contributed by atoms with Crippen LogP contribution < -0.4 is 5.32 Å². The van der Waals surface area contributed by atoms with Crippen LogP contribution in [-0.4, -0.2) is 47.8 Å². The Balaban J connectivity index is 2.44. The molecule has 0 spiro atoms. The molecule has 1 unspecified atom stereocenters. The quantitative estimate of drug-likeness (QED) is 0.256. The number of amides is 1. The second kappa shape index (κ2) is 13.9. The highest BCUT2D eigenvalue weighted by Crippen LogP contribution is 2.28. The van der Waals surface area contributed by atoms with Crippen LogP contribution in [0.3, 0.4) is 0 Å². The molecule has 0 saturated carbocycles. The largest absolute Gasteiger partial charge is 0.459 e. The lowest BCUT2D eigenvalue weighted by molar-refractivity contribution is -0.220. The van der Waals surface area contributed by atoms with Crippen molar-refractivity contribution in [1.29, 1.82) is 0 Å². The van der Waals surface area contributed by atoms with Crippen molar-refractivity contribution in [2.24, 2.45) is 5.41 Å². The van der Waals surface area contributed by atoms with Gasteiger partial charge in [0.15, 0.2) is 0 Å². The van der Waals surface area contributed by atoms with E-state index in [9.17, 15) is 14.4 Å². The summed E-state index contributed by atoms with van der Waals surface area (Å²) < 4.78 is 10.8. The van der Waals surface area contributed by atoms with Crippen LogP contribution in [0.15, 0.2) is 30.3 Å². The summed E-state index contributed by atoms with van der Waals surface area (Å²) in [5, 5.41) is 4.21. The van der Waals surface area contributed by atoms with Gasteiger partial charge in [-0.25, -0.2) is 4.79 Å². The average molecular weight is 479 g/mol. The van der Waals surface area contributed by atoms with E-state index >= 15 is 0 Å². The molecule has 8 nitrogen and oxygen atoms in total. The number of hydroxylamine groups is 2. The van der Waals surface area contributed by atoms with Gasteiger partial charge in [0.05, 0.1) is 0 Å². The monoisotopic (exact) mass is 478 g/mol. The van der Waals surface area contributed by atoms with Crippen molar-refractivity contribution in [2.75, 3.05) is 13.1 Å². The van der Waals surface area contributed by atoms with E-state index in [0.29, 0.717) is 13.1 Å². The summed E-state index contributed by atoms with van der Waals surface area (Å²) in [5.74, 6) is -0.893. The molecule has 1 atom stereocenters. The van der Waals surface area contributed by atoms with Gasteiger partial charge >= 0.3 is 18.0 Å². The summed E-state index contributed by atoms with van der Waals surface area (Å²) in [6.45, 7) is 13.7. The zero-order valence-corrected chi connectivity index (χ0v) is 21.8. The molecule has 0 radical (unpaired) electrons. The third kappa shape index (κ3) is 12.6. The lowest BCUT2D eigenvalue weighted by atomic mass is 9.86. The van der Waals surface area contributed by atoms with Gasteiger partial charge in [-0.1, -0.05) is 63.9 Å². The van der Waals surface area contributed by atoms with Gasteiger partial charge < -0.3 is 19.6 Å². The first kappa shape index (κ1) is 29.4. The Morgan fingerprint density at radius 3 is 2.12 bits per heavy atom. The molecule has 0 aromatic heterocycles. The molecule has 1 rings (SSSR count). The normalized spacial score (nSPS) is 12.7. The maximum absolute atomic E-state index is 12.9. The third-order valence-corrected chi connectivity index (χ3v) is 4.77. The first-order valence-corrected chi connectivity index (χ1v) is 11.9. The number of carbonyl (C=O) groups excluding carboxylic acids is 3. The molecule has 0 aliphatic carbocycles. The summed E-state index contributed by atoms with van der Waals surface area (Å²) >= 11 is 0. The number of alkyl carbamates (subject to hydrolysis) is 1. The topological polar surface area (TPSA) is 94.2 Å². The zero-order chi connectivity index (χ0) is 25.8. The molecule has 0 bridgehead atoms. The summed E-state index contributed by atoms with van der Waals surface area (Å²) in [6.07, 6.45) is 2.81. The van der Waals surface area contributed by atoms with Crippen LogP contribution in [0, 0.1) is 5.41 Å². The number of hydrogen-bond donors (Lipinski definition) is 1. The van der Waals surface area contributed by atoms with Crippen LogP contribution >= 0.6 is 0 Å². The summed E-state index contributed by atoms with van der Waals surface area (Å²) in [5.41, 5.74) is -0.200. The fourth-order valence-electron chi connectivity index (χ4n) is 3.36. The highest BCUT2D eigenvalue weighted by molar-refractivity contribution is 5.77. The van der Waals surface area contributed by atoms with Crippen molar-refractivity contribution in [3.63, 3.8) is 0 Å². The molecule has 0 fully saturated rings. The summed E-state index contributed by atoms with van der Waals surface area (Å²) in [6, 6.07) is 8.79. The van der Waals surface area contributed by atoms with Crippen molar-refractivity contribution in [3.05, 3.63) is 35.9 Å². The highest BCUT2D eigenvalue weighted by atomic mass is 16.7. The third-order valence-electron chi connectivity index (χ3n) is 4.77. The Hall–Kier alpha value is -2.61. The number of nitrogens with one attached hydrogen (secondary N) is 1. The molecule has 0 saturated heterocycles. The molecule has 1 aromatic rings. The number of hydrogen-bond acceptors (Lipinski definition) is 7. The SMILES string of the molecule is CC(=O)ON(CCCCCCNC(=O)OCc1ccccc1)C(C(=O)OC(C)(C)C)C(C)(C)C. The maximum Gasteiger partial charge on any atom is 0.407 e. The maximum atomic E-state index is 12.9. The smallest absolute Gasteiger partial charge is 0.407 e. The van der Waals surface area contributed by atoms with Crippen LogP contribution in [0.1, 0.15) is 79.7 Å². The zero-order valence-electron chi connectivity index (χ0n) is 21.8. The predicted octanol–water partition coefficient (Wildman–Crippen LogP) is 5.01. The van der Waals surface area contributed by atoms with E-state index in [2.05, 4.69) is 5.32 Å². The van der Waals surface area contributed by atoms with Crippen molar-refractivity contribution in [1.82, 2.24) is 10.4 Å². The Morgan fingerprint density at radius 2 is 1.56 bits per heavy atom. The minimum atomic E-state index is -0.725. The van der Waals surface area contributed by atoms with Gasteiger partial charge in [-0.3, -0.25) is 9.59 Å². The molecule has 0 aliphatic heterocycles. The van der Waals surface area contributed by atoms with Gasteiger partial charge in [0.25, 0.3) is 0 Å². The number of esters is 1. The van der Waals surface area contributed by atoms with Gasteiger partial charge in [0.2, 0.25) is 0 Å². The van der Waals surface area contributed by atoms with Crippen LogP contribution in [0.2, 0.25) is 0 Å². The van der Waals surface area contributed by atoms with Gasteiger partial charge in [0, 0.05) is 20.0 Å². The van der Waals surface area contributed by atoms with Crippen molar-refractivity contribution in [2.45, 2.75) is 92.4 Å². The number of carbonyl (C=O) groups is 3. The molecule has 0 heterocycles. The Morgan fingerprint density at radius 1 is 0.941 bits per heavy atom. The minimum Gasteiger partial charge on any atom is -0.459 e. The first-order chi connectivity index (χ1) is 15.8. The number of nitrogens with zero attached hydrogens (tertiary/aromatic N) is 1. The molecule has 192 valence electrons. The van der Waals surface area contributed by atoms with Crippen LogP contribution in [0.5, 0.6) is 0 Å². The van der Waals surface area contributed by atoms with Crippen molar-refractivity contribution < 1.29 is 28.7 Å². The molecule has 8 heteroatoms. The van der Waals surface area contributed by atoms with Gasteiger partial charge in [-0.15, -0.1) is 5.06 Å². The van der Waals surface area contributed by atoms with E-state index < -0.39 is 35.1 Å². The summed E-state index contributed by atoms with van der Waals surface area (Å²) in [7, 11) is 0. The van der Waals surface area contributed by atoms with Crippen LogP contribution in [0.4, 0.5) is 4.79 Å². The van der Waals surface area contributed by atoms with Crippen LogP contribution in [-0.2, 0) is 30.5 Å². The van der Waals surface area contributed by atoms with Crippen molar-refractivity contribution >= 4 is 18.0 Å². The summed E-state index contributed by atoms with van der Waals surface area (Å²) in [4.78, 5) is 41.8. The second-order valence-corrected chi connectivity index (χ2v) is 10.4. The fraction of sp³-hybridized carbons (Fsp3) is 0.654. The fourth-order valence-corrected chi connectivity index (χ4v) is 3.36. The predicted molar refractivity (Wildman–Crippen MR) is 131 cm³/mol. The number of rotatable bonds is 12. The standard InChI is InChI=1S/C26H42N2O6/c1-20(29)34-28(22(25(2,3)4)23(30)33-26(5,6)7)18-14-9-8-13-17-27-24(31)32-19-21-15-11-10-12-16-21/h10-12,15-16,22H,8-9,13-14,17-19H2,1-7H3,(H,27,31). The lowest BCUT2D eigenvalue weighted by Gasteiger charge is -2.38. The first-order valence-electron chi connectivity index (χ1n) is 11.9. The Kier molecular flexibility index (Phi) is 12.1. The highest BCUT2D eigenvalue weighted by Gasteiger charge is 2.41. The van der Waals surface area contributed by atoms with E-state index in [4.69, 9.17) is 14.3 Å². The number of ether oxygens (including phenoxy) is 2. The van der Waals surface area contributed by atoms with E-state index in [1.54, 1.807) is 0 Å². The average Bonchev–Trinajstić information content (AvgIpc) is 2.69. The molecular weight excluding hydrogens is 436 g/mol. The molecule has 1 aromatic carbocycles. The molecular formula is C26H42N2O6. The van der Waals surface area contributed by atoms with E-state index in [0.717, 1.165) is 31.2 Å². The molecule has 1 amide bonds. The van der Waals surface area contributed by atoms with Crippen molar-refractivity contribution in [3.8, 4) is 0 Å². The molecule has 0 aliphatic rings. The Labute approximate surface area is 204 Å². The molecule has 1 N–H and O–H groups in total. The minimum absolute atomic E-state index is 0.241. The van der Waals surface area contributed by atoms with Crippen LogP contribution in [0.25, 0.3) is 0 Å². The lowest BCUT2D eigenvalue weighted by Crippen LogP contribution is -2.52.